The molecule has 1 saturated carbocycles. The maximum absolute atomic E-state index is 13.6. The first kappa shape index (κ1) is 25.3. The van der Waals surface area contributed by atoms with E-state index in [1.165, 1.54) is 23.5 Å². The van der Waals surface area contributed by atoms with Crippen molar-refractivity contribution in [2.24, 2.45) is 5.92 Å². The molecule has 0 saturated heterocycles. The molecule has 39 heavy (non-hydrogen) atoms. The van der Waals surface area contributed by atoms with Crippen molar-refractivity contribution in [1.29, 1.82) is 0 Å². The van der Waals surface area contributed by atoms with Crippen LogP contribution in [0.15, 0.2) is 90.0 Å². The van der Waals surface area contributed by atoms with Crippen molar-refractivity contribution in [3.05, 3.63) is 117 Å². The zero-order valence-corrected chi connectivity index (χ0v) is 22.5. The highest BCUT2D eigenvalue weighted by molar-refractivity contribution is 7.17. The van der Waals surface area contributed by atoms with E-state index in [4.69, 9.17) is 0 Å². The van der Waals surface area contributed by atoms with Crippen LogP contribution in [-0.4, -0.2) is 18.9 Å². The quantitative estimate of drug-likeness (QED) is 0.356. The Labute approximate surface area is 231 Å². The van der Waals surface area contributed by atoms with Gasteiger partial charge in [-0.25, -0.2) is 4.39 Å². The summed E-state index contributed by atoms with van der Waals surface area (Å²) in [5, 5.41) is 6.09. The third kappa shape index (κ3) is 4.92. The molecule has 6 heteroatoms. The molecular formula is C33H29FN2O2S. The Bertz CT molecular complexity index is 1560. The fourth-order valence-corrected chi connectivity index (χ4v) is 6.67. The van der Waals surface area contributed by atoms with Gasteiger partial charge in [0.15, 0.2) is 0 Å². The summed E-state index contributed by atoms with van der Waals surface area (Å²) >= 11 is 1.54. The van der Waals surface area contributed by atoms with Gasteiger partial charge >= 0.3 is 0 Å². The summed E-state index contributed by atoms with van der Waals surface area (Å²) < 4.78 is 13.6. The van der Waals surface area contributed by atoms with Crippen LogP contribution in [0.2, 0.25) is 0 Å². The minimum Gasteiger partial charge on any atom is -0.355 e. The highest BCUT2D eigenvalue weighted by Crippen LogP contribution is 2.46. The monoisotopic (exact) mass is 536 g/mol. The number of amides is 2. The smallest absolute Gasteiger partial charge is 0.253 e. The van der Waals surface area contributed by atoms with E-state index >= 15 is 0 Å². The average molecular weight is 537 g/mol. The van der Waals surface area contributed by atoms with Crippen molar-refractivity contribution in [1.82, 2.24) is 10.6 Å². The van der Waals surface area contributed by atoms with Gasteiger partial charge in [-0.05, 0) is 55.0 Å². The molecule has 2 N–H and O–H groups in total. The second-order valence-corrected chi connectivity index (χ2v) is 11.3. The number of carbonyl (C=O) groups excluding carboxylic acids is 2. The Morgan fingerprint density at radius 2 is 1.79 bits per heavy atom. The van der Waals surface area contributed by atoms with Gasteiger partial charge in [0.2, 0.25) is 5.91 Å². The summed E-state index contributed by atoms with van der Waals surface area (Å²) in [7, 11) is 1.62. The Morgan fingerprint density at radius 1 is 1.03 bits per heavy atom. The number of hydrogen-bond acceptors (Lipinski definition) is 3. The van der Waals surface area contributed by atoms with Gasteiger partial charge in [-0.1, -0.05) is 78.4 Å². The minimum atomic E-state index is -0.311. The molecule has 1 aromatic heterocycles. The molecule has 4 nitrogen and oxygen atoms in total. The summed E-state index contributed by atoms with van der Waals surface area (Å²) in [5.74, 6) is -0.456. The van der Waals surface area contributed by atoms with Gasteiger partial charge in [-0.2, -0.15) is 0 Å². The molecule has 0 bridgehead atoms. The lowest BCUT2D eigenvalue weighted by atomic mass is 9.85. The molecule has 196 valence electrons. The molecule has 1 heterocycles. The number of nitrogens with one attached hydrogen (secondary N) is 2. The second-order valence-electron chi connectivity index (χ2n) is 10.3. The van der Waals surface area contributed by atoms with Crippen molar-refractivity contribution in [3.63, 3.8) is 0 Å². The molecule has 3 aliphatic rings. The number of hydrogen-bond donors (Lipinski definition) is 2. The molecule has 6 rings (SSSR count). The van der Waals surface area contributed by atoms with Gasteiger partial charge in [-0.15, -0.1) is 11.3 Å². The predicted molar refractivity (Wildman–Crippen MR) is 156 cm³/mol. The number of allylic oxidation sites excluding steroid dienone is 5. The summed E-state index contributed by atoms with van der Waals surface area (Å²) in [6.07, 6.45) is 15.6. The van der Waals surface area contributed by atoms with Gasteiger partial charge in [0, 0.05) is 33.9 Å². The van der Waals surface area contributed by atoms with Gasteiger partial charge in [-0.3, -0.25) is 9.59 Å². The highest BCUT2D eigenvalue weighted by atomic mass is 32.1. The van der Waals surface area contributed by atoms with Gasteiger partial charge in [0.05, 0.1) is 11.1 Å². The molecule has 2 amide bonds. The molecule has 1 unspecified atom stereocenters. The Kier molecular flexibility index (Phi) is 6.65. The van der Waals surface area contributed by atoms with Crippen LogP contribution in [0.5, 0.6) is 0 Å². The van der Waals surface area contributed by atoms with Crippen molar-refractivity contribution >= 4 is 35.3 Å². The summed E-state index contributed by atoms with van der Waals surface area (Å²) in [6.45, 7) is 0. The topological polar surface area (TPSA) is 58.2 Å². The van der Waals surface area contributed by atoms with Crippen LogP contribution >= 0.6 is 11.3 Å². The van der Waals surface area contributed by atoms with Crippen LogP contribution < -0.4 is 10.6 Å². The lowest BCUT2D eigenvalue weighted by molar-refractivity contribution is -0.118. The van der Waals surface area contributed by atoms with Crippen LogP contribution in [0.25, 0.3) is 22.6 Å². The Balaban J connectivity index is 1.28. The van der Waals surface area contributed by atoms with Crippen molar-refractivity contribution < 1.29 is 14.0 Å². The molecule has 2 aromatic carbocycles. The van der Waals surface area contributed by atoms with Gasteiger partial charge in [0.1, 0.15) is 5.82 Å². The van der Waals surface area contributed by atoms with Gasteiger partial charge < -0.3 is 10.6 Å². The third-order valence-electron chi connectivity index (χ3n) is 7.76. The molecule has 0 aliphatic heterocycles. The number of carbonyl (C=O) groups is 2. The maximum atomic E-state index is 13.6. The molecule has 0 spiro atoms. The van der Waals surface area contributed by atoms with E-state index < -0.39 is 0 Å². The zero-order chi connectivity index (χ0) is 27.0. The van der Waals surface area contributed by atoms with E-state index in [9.17, 15) is 14.0 Å². The van der Waals surface area contributed by atoms with Crippen molar-refractivity contribution in [2.75, 3.05) is 7.05 Å². The first-order chi connectivity index (χ1) is 19.0. The van der Waals surface area contributed by atoms with E-state index in [1.807, 2.05) is 30.4 Å². The van der Waals surface area contributed by atoms with E-state index in [0.29, 0.717) is 12.0 Å². The lowest BCUT2D eigenvalue weighted by Gasteiger charge is -2.23. The van der Waals surface area contributed by atoms with Crippen LogP contribution in [0.1, 0.15) is 52.0 Å². The van der Waals surface area contributed by atoms with Crippen molar-refractivity contribution in [3.8, 4) is 10.4 Å². The third-order valence-corrected chi connectivity index (χ3v) is 8.98. The predicted octanol–water partition coefficient (Wildman–Crippen LogP) is 7.02. The van der Waals surface area contributed by atoms with Crippen LogP contribution in [-0.2, 0) is 10.3 Å². The largest absolute Gasteiger partial charge is 0.355 e. The van der Waals surface area contributed by atoms with E-state index in [1.54, 1.807) is 19.2 Å². The second kappa shape index (κ2) is 10.3. The number of fused-ring (bicyclic) bond motifs is 1. The minimum absolute atomic E-state index is 0.0173. The number of rotatable bonds is 6. The molecule has 3 aliphatic carbocycles. The molecule has 1 atom stereocenters. The number of thiophene rings is 1. The normalized spacial score (nSPS) is 18.9. The number of benzene rings is 2. The average Bonchev–Trinajstić information content (AvgIpc) is 3.71. The summed E-state index contributed by atoms with van der Waals surface area (Å²) in [4.78, 5) is 28.3. The maximum Gasteiger partial charge on any atom is 0.253 e. The molecular weight excluding hydrogens is 507 g/mol. The van der Waals surface area contributed by atoms with E-state index in [2.05, 4.69) is 47.1 Å². The standard InChI is InChI=1S/C33H29FN2O2S/c1-35-32(38)29-27-20-23(8-6-12-28(27)39-30(29)21-13-15-26(34)16-14-21)22-7-5-9-24(19-22)31(37)36-33(17-18-33)25-10-3-2-4-11-25/h2-7,9-16,20,22H,8,17-19H2,1H3,(H,35,38)(H,36,37). The molecule has 1 fully saturated rings. The van der Waals surface area contributed by atoms with Gasteiger partial charge in [0.25, 0.3) is 5.91 Å². The Morgan fingerprint density at radius 3 is 2.51 bits per heavy atom. The van der Waals surface area contributed by atoms with Crippen molar-refractivity contribution in [2.45, 2.75) is 31.2 Å². The first-order valence-electron chi connectivity index (χ1n) is 13.2. The first-order valence-corrected chi connectivity index (χ1v) is 14.1. The van der Waals surface area contributed by atoms with Crippen LogP contribution in [0.3, 0.4) is 0 Å². The number of halogens is 1. The molecule has 0 radical (unpaired) electrons. The van der Waals surface area contributed by atoms with E-state index in [0.717, 1.165) is 56.9 Å². The summed E-state index contributed by atoms with van der Waals surface area (Å²) in [5.41, 5.74) is 5.09. The van der Waals surface area contributed by atoms with Crippen LogP contribution in [0.4, 0.5) is 4.39 Å². The fraction of sp³-hybridized carbons (Fsp3) is 0.212. The SMILES string of the molecule is CNC(=O)c1c(-c2ccc(F)cc2)sc2c1C=C(C1C=CC=C(C(=O)NC3(c4ccccc4)CC3)C1)CC=C2. The van der Waals surface area contributed by atoms with E-state index in [-0.39, 0.29) is 29.1 Å². The zero-order valence-electron chi connectivity index (χ0n) is 21.7. The fourth-order valence-electron chi connectivity index (χ4n) is 5.46. The Hall–Kier alpha value is -4.03. The molecule has 3 aromatic rings. The summed E-state index contributed by atoms with van der Waals surface area (Å²) in [6, 6.07) is 16.4. The highest BCUT2D eigenvalue weighted by Gasteiger charge is 2.46. The van der Waals surface area contributed by atoms with Crippen LogP contribution in [0, 0.1) is 11.7 Å². The lowest BCUT2D eigenvalue weighted by Crippen LogP contribution is -2.36.